The fourth-order valence-corrected chi connectivity index (χ4v) is 3.36. The fourth-order valence-electron chi connectivity index (χ4n) is 2.12. The highest BCUT2D eigenvalue weighted by Gasteiger charge is 2.34. The van der Waals surface area contributed by atoms with Crippen molar-refractivity contribution in [1.82, 2.24) is 9.97 Å². The summed E-state index contributed by atoms with van der Waals surface area (Å²) in [4.78, 5) is 9.85. The number of anilines is 1. The average molecular weight is 271 g/mol. The van der Waals surface area contributed by atoms with Gasteiger partial charge in [0.05, 0.1) is 10.4 Å². The lowest BCUT2D eigenvalue weighted by Crippen LogP contribution is -2.50. The largest absolute Gasteiger partial charge is 0.352 e. The van der Waals surface area contributed by atoms with Crippen molar-refractivity contribution in [2.45, 2.75) is 31.9 Å². The average Bonchev–Trinajstić information content (AvgIpc) is 2.33. The molecule has 2 rings (SSSR count). The SMILES string of the molecule is CCc1ncnc(N2CCS(=O)C(C)(C)C2)c1F. The van der Waals surface area contributed by atoms with E-state index in [0.717, 1.165) is 0 Å². The molecule has 6 heteroatoms. The van der Waals surface area contributed by atoms with Gasteiger partial charge >= 0.3 is 0 Å². The van der Waals surface area contributed by atoms with Crippen LogP contribution < -0.4 is 4.90 Å². The molecule has 1 atom stereocenters. The molecule has 18 heavy (non-hydrogen) atoms. The zero-order valence-electron chi connectivity index (χ0n) is 10.9. The summed E-state index contributed by atoms with van der Waals surface area (Å²) in [6, 6.07) is 0. The predicted octanol–water partition coefficient (Wildman–Crippen LogP) is 1.53. The van der Waals surface area contributed by atoms with Crippen molar-refractivity contribution >= 4 is 16.6 Å². The second kappa shape index (κ2) is 4.91. The van der Waals surface area contributed by atoms with Crippen molar-refractivity contribution in [1.29, 1.82) is 0 Å². The van der Waals surface area contributed by atoms with Crippen LogP contribution in [-0.2, 0) is 17.2 Å². The van der Waals surface area contributed by atoms with Gasteiger partial charge in [0, 0.05) is 29.6 Å². The van der Waals surface area contributed by atoms with Crippen LogP contribution in [0.4, 0.5) is 10.2 Å². The summed E-state index contributed by atoms with van der Waals surface area (Å²) >= 11 is 0. The lowest BCUT2D eigenvalue weighted by Gasteiger charge is -2.38. The van der Waals surface area contributed by atoms with E-state index in [2.05, 4.69) is 9.97 Å². The maximum Gasteiger partial charge on any atom is 0.187 e. The van der Waals surface area contributed by atoms with Gasteiger partial charge in [0.1, 0.15) is 6.33 Å². The Kier molecular flexibility index (Phi) is 3.66. The zero-order chi connectivity index (χ0) is 13.3. The van der Waals surface area contributed by atoms with Crippen LogP contribution in [-0.4, -0.2) is 37.8 Å². The van der Waals surface area contributed by atoms with Crippen LogP contribution in [0.5, 0.6) is 0 Å². The Hall–Kier alpha value is -1.04. The molecule has 2 heterocycles. The molecule has 0 spiro atoms. The summed E-state index contributed by atoms with van der Waals surface area (Å²) in [7, 11) is -0.866. The molecule has 0 saturated carbocycles. The smallest absolute Gasteiger partial charge is 0.187 e. The third kappa shape index (κ3) is 2.39. The number of hydrogen-bond donors (Lipinski definition) is 0. The first-order valence-corrected chi connectivity index (χ1v) is 7.40. The quantitative estimate of drug-likeness (QED) is 0.818. The Balaban J connectivity index is 2.30. The first kappa shape index (κ1) is 13.4. The normalized spacial score (nSPS) is 23.1. The van der Waals surface area contributed by atoms with Crippen LogP contribution in [0, 0.1) is 5.82 Å². The van der Waals surface area contributed by atoms with E-state index >= 15 is 0 Å². The molecule has 1 unspecified atom stereocenters. The highest BCUT2D eigenvalue weighted by atomic mass is 32.2. The van der Waals surface area contributed by atoms with E-state index in [1.807, 2.05) is 25.7 Å². The molecular formula is C12H18FN3OS. The van der Waals surface area contributed by atoms with E-state index in [-0.39, 0.29) is 10.6 Å². The molecule has 0 bridgehead atoms. The lowest BCUT2D eigenvalue weighted by atomic mass is 10.2. The zero-order valence-corrected chi connectivity index (χ0v) is 11.8. The van der Waals surface area contributed by atoms with E-state index in [4.69, 9.17) is 0 Å². The molecule has 0 amide bonds. The van der Waals surface area contributed by atoms with Crippen LogP contribution in [0.2, 0.25) is 0 Å². The van der Waals surface area contributed by atoms with Gasteiger partial charge in [-0.1, -0.05) is 6.92 Å². The molecule has 0 radical (unpaired) electrons. The maximum atomic E-state index is 14.2. The Labute approximate surface area is 109 Å². The summed E-state index contributed by atoms with van der Waals surface area (Å²) in [5.74, 6) is 0.549. The van der Waals surface area contributed by atoms with Crippen molar-refractivity contribution in [3.8, 4) is 0 Å². The Morgan fingerprint density at radius 2 is 2.22 bits per heavy atom. The second-order valence-corrected chi connectivity index (χ2v) is 7.25. The monoisotopic (exact) mass is 271 g/mol. The van der Waals surface area contributed by atoms with Crippen molar-refractivity contribution in [3.63, 3.8) is 0 Å². The molecule has 1 aliphatic rings. The van der Waals surface area contributed by atoms with E-state index in [1.54, 1.807) is 0 Å². The fraction of sp³-hybridized carbons (Fsp3) is 0.667. The van der Waals surface area contributed by atoms with Crippen LogP contribution in [0.1, 0.15) is 26.5 Å². The molecule has 0 aliphatic carbocycles. The van der Waals surface area contributed by atoms with E-state index in [1.165, 1.54) is 6.33 Å². The minimum atomic E-state index is -0.866. The minimum absolute atomic E-state index is 0.331. The van der Waals surface area contributed by atoms with Gasteiger partial charge in [-0.3, -0.25) is 4.21 Å². The van der Waals surface area contributed by atoms with E-state index in [9.17, 15) is 8.60 Å². The number of aromatic nitrogens is 2. The number of aryl methyl sites for hydroxylation is 1. The number of nitrogens with zero attached hydrogens (tertiary/aromatic N) is 3. The van der Waals surface area contributed by atoms with Gasteiger partial charge in [-0.25, -0.2) is 14.4 Å². The highest BCUT2D eigenvalue weighted by molar-refractivity contribution is 7.86. The Morgan fingerprint density at radius 3 is 2.83 bits per heavy atom. The summed E-state index contributed by atoms with van der Waals surface area (Å²) in [5, 5.41) is 0. The van der Waals surface area contributed by atoms with Gasteiger partial charge in [0.25, 0.3) is 0 Å². The molecule has 1 aromatic rings. The van der Waals surface area contributed by atoms with E-state index < -0.39 is 10.8 Å². The first-order chi connectivity index (χ1) is 8.45. The molecule has 1 aliphatic heterocycles. The summed E-state index contributed by atoms with van der Waals surface area (Å²) in [5.41, 5.74) is 0.435. The molecule has 100 valence electrons. The standard InChI is InChI=1S/C12H18FN3OS/c1-4-9-10(13)11(15-8-14-9)16-5-6-18(17)12(2,3)7-16/h8H,4-7H2,1-3H3. The molecule has 4 nitrogen and oxygen atoms in total. The summed E-state index contributed by atoms with van der Waals surface area (Å²) in [6.45, 7) is 6.87. The van der Waals surface area contributed by atoms with Gasteiger partial charge in [-0.2, -0.15) is 0 Å². The highest BCUT2D eigenvalue weighted by Crippen LogP contribution is 2.26. The molecule has 1 saturated heterocycles. The van der Waals surface area contributed by atoms with Gasteiger partial charge < -0.3 is 4.90 Å². The number of hydrogen-bond acceptors (Lipinski definition) is 4. The van der Waals surface area contributed by atoms with Gasteiger partial charge in [-0.15, -0.1) is 0 Å². The van der Waals surface area contributed by atoms with Gasteiger partial charge in [0.15, 0.2) is 11.6 Å². The van der Waals surface area contributed by atoms with Crippen LogP contribution in [0.25, 0.3) is 0 Å². The lowest BCUT2D eigenvalue weighted by molar-refractivity contribution is 0.554. The second-order valence-electron chi connectivity index (χ2n) is 5.04. The molecule has 1 fully saturated rings. The minimum Gasteiger partial charge on any atom is -0.352 e. The Morgan fingerprint density at radius 1 is 1.50 bits per heavy atom. The summed E-state index contributed by atoms with van der Waals surface area (Å²) in [6.07, 6.45) is 1.94. The van der Waals surface area contributed by atoms with Gasteiger partial charge in [-0.05, 0) is 20.3 Å². The van der Waals surface area contributed by atoms with Crippen molar-refractivity contribution in [2.24, 2.45) is 0 Å². The molecule has 1 aromatic heterocycles. The third-order valence-corrected chi connectivity index (χ3v) is 5.13. The van der Waals surface area contributed by atoms with Crippen molar-refractivity contribution in [2.75, 3.05) is 23.7 Å². The molecule has 0 aromatic carbocycles. The number of halogens is 1. The summed E-state index contributed by atoms with van der Waals surface area (Å²) < 4.78 is 25.7. The van der Waals surface area contributed by atoms with Crippen molar-refractivity contribution < 1.29 is 8.60 Å². The molecular weight excluding hydrogens is 253 g/mol. The van der Waals surface area contributed by atoms with Gasteiger partial charge in [0.2, 0.25) is 0 Å². The first-order valence-electron chi connectivity index (χ1n) is 6.08. The Bertz CT molecular complexity index is 478. The maximum absolute atomic E-state index is 14.2. The third-order valence-electron chi connectivity index (χ3n) is 3.21. The topological polar surface area (TPSA) is 46.1 Å². The number of rotatable bonds is 2. The van der Waals surface area contributed by atoms with Crippen LogP contribution in [0.3, 0.4) is 0 Å². The van der Waals surface area contributed by atoms with Crippen LogP contribution >= 0.6 is 0 Å². The van der Waals surface area contributed by atoms with Crippen molar-refractivity contribution in [3.05, 3.63) is 17.8 Å². The van der Waals surface area contributed by atoms with E-state index in [0.29, 0.717) is 36.8 Å². The predicted molar refractivity (Wildman–Crippen MR) is 70.7 cm³/mol. The van der Waals surface area contributed by atoms with Crippen LogP contribution in [0.15, 0.2) is 6.33 Å². The molecule has 0 N–H and O–H groups in total.